The third kappa shape index (κ3) is 13.5. The smallest absolute Gasteiger partial charge is 0.219 e. The average Bonchev–Trinajstić information content (AvgIpc) is 2.37. The fourth-order valence-electron chi connectivity index (χ4n) is 1.96. The Morgan fingerprint density at radius 3 is 1.83 bits per heavy atom. The van der Waals surface area contributed by atoms with Gasteiger partial charge in [0.1, 0.15) is 0 Å². The van der Waals surface area contributed by atoms with Gasteiger partial charge in [0, 0.05) is 13.0 Å². The van der Waals surface area contributed by atoms with Crippen LogP contribution < -0.4 is 5.32 Å². The van der Waals surface area contributed by atoms with E-state index in [2.05, 4.69) is 19.2 Å². The van der Waals surface area contributed by atoms with E-state index in [1.54, 1.807) is 0 Å². The average molecular weight is 253 g/mol. The summed E-state index contributed by atoms with van der Waals surface area (Å²) in [6.45, 7) is 8.47. The molecule has 2 radical (unpaired) electrons. The molecule has 0 rings (SSSR count). The summed E-state index contributed by atoms with van der Waals surface area (Å²) in [5.41, 5.74) is 0. The fraction of sp³-hybridized carbons (Fsp3) is 0.812. The Hall–Kier alpha value is -0.530. The highest BCUT2D eigenvalue weighted by atomic mass is 16.1. The highest BCUT2D eigenvalue weighted by Gasteiger charge is 2.00. The number of carbonyl (C=O) groups excluding carboxylic acids is 1. The lowest BCUT2D eigenvalue weighted by atomic mass is 10.1. The van der Waals surface area contributed by atoms with Crippen molar-refractivity contribution in [1.82, 2.24) is 5.32 Å². The van der Waals surface area contributed by atoms with Gasteiger partial charge in [0.15, 0.2) is 0 Å². The third-order valence-electron chi connectivity index (χ3n) is 3.15. The van der Waals surface area contributed by atoms with E-state index in [9.17, 15) is 4.79 Å². The molecule has 0 aliphatic rings. The van der Waals surface area contributed by atoms with Gasteiger partial charge >= 0.3 is 0 Å². The maximum absolute atomic E-state index is 11.5. The number of hydrogen-bond donors (Lipinski definition) is 1. The lowest BCUT2D eigenvalue weighted by molar-refractivity contribution is -0.121. The van der Waals surface area contributed by atoms with Crippen molar-refractivity contribution in [1.29, 1.82) is 0 Å². The monoisotopic (exact) mass is 253 g/mol. The Balaban J connectivity index is 3.12. The quantitative estimate of drug-likeness (QED) is 0.483. The van der Waals surface area contributed by atoms with Gasteiger partial charge in [-0.3, -0.25) is 4.79 Å². The van der Waals surface area contributed by atoms with Gasteiger partial charge < -0.3 is 5.32 Å². The maximum Gasteiger partial charge on any atom is 0.219 e. The molecule has 0 aromatic carbocycles. The molecular formula is C16H31NO. The number of nitrogens with one attached hydrogen (secondary N) is 1. The van der Waals surface area contributed by atoms with E-state index < -0.39 is 0 Å². The molecule has 2 heteroatoms. The van der Waals surface area contributed by atoms with Crippen molar-refractivity contribution in [3.05, 3.63) is 13.8 Å². The molecule has 0 aliphatic carbocycles. The zero-order valence-corrected chi connectivity index (χ0v) is 12.0. The van der Waals surface area contributed by atoms with E-state index in [4.69, 9.17) is 0 Å². The molecule has 0 saturated heterocycles. The minimum absolute atomic E-state index is 0.224. The van der Waals surface area contributed by atoms with E-state index in [0.717, 1.165) is 32.2 Å². The van der Waals surface area contributed by atoms with E-state index in [-0.39, 0.29) is 5.91 Å². The predicted molar refractivity (Wildman–Crippen MR) is 79.1 cm³/mol. The number of hydrogen-bond acceptors (Lipinski definition) is 1. The summed E-state index contributed by atoms with van der Waals surface area (Å²) in [4.78, 5) is 11.5. The zero-order chi connectivity index (χ0) is 13.5. The molecule has 0 bridgehead atoms. The first-order valence-corrected chi connectivity index (χ1v) is 7.66. The standard InChI is InChI=1S/C16H31NO/c1-3-5-7-9-10-11-12-14-16(18)17-15-13-8-6-4-2/h1-15H2,(H,17,18). The summed E-state index contributed by atoms with van der Waals surface area (Å²) < 4.78 is 0. The Morgan fingerprint density at radius 2 is 1.22 bits per heavy atom. The second-order valence-corrected chi connectivity index (χ2v) is 4.99. The molecule has 0 heterocycles. The molecule has 0 unspecified atom stereocenters. The Bertz CT molecular complexity index is 180. The second kappa shape index (κ2) is 14.5. The van der Waals surface area contributed by atoms with E-state index in [1.165, 1.54) is 44.9 Å². The molecule has 18 heavy (non-hydrogen) atoms. The van der Waals surface area contributed by atoms with Crippen LogP contribution in [0.2, 0.25) is 0 Å². The van der Waals surface area contributed by atoms with Crippen LogP contribution in [0.3, 0.4) is 0 Å². The summed E-state index contributed by atoms with van der Waals surface area (Å²) in [6.07, 6.45) is 13.5. The zero-order valence-electron chi connectivity index (χ0n) is 12.0. The second-order valence-electron chi connectivity index (χ2n) is 4.99. The van der Waals surface area contributed by atoms with Crippen molar-refractivity contribution < 1.29 is 4.79 Å². The largest absolute Gasteiger partial charge is 0.356 e. The van der Waals surface area contributed by atoms with Crippen LogP contribution in [0, 0.1) is 13.8 Å². The highest BCUT2D eigenvalue weighted by molar-refractivity contribution is 5.75. The molecule has 0 saturated carbocycles. The highest BCUT2D eigenvalue weighted by Crippen LogP contribution is 2.08. The lowest BCUT2D eigenvalue weighted by Crippen LogP contribution is -2.23. The molecule has 0 fully saturated rings. The van der Waals surface area contributed by atoms with Gasteiger partial charge in [-0.05, 0) is 12.8 Å². The first-order chi connectivity index (χ1) is 8.81. The van der Waals surface area contributed by atoms with Crippen molar-refractivity contribution in [3.63, 3.8) is 0 Å². The first-order valence-electron chi connectivity index (χ1n) is 7.66. The Labute approximate surface area is 114 Å². The molecule has 0 aromatic rings. The number of carbonyl (C=O) groups is 1. The lowest BCUT2D eigenvalue weighted by Gasteiger charge is -2.05. The van der Waals surface area contributed by atoms with Crippen LogP contribution in [0.15, 0.2) is 0 Å². The first kappa shape index (κ1) is 17.5. The predicted octanol–water partition coefficient (Wildman–Crippen LogP) is 4.45. The Kier molecular flexibility index (Phi) is 14.1. The van der Waals surface area contributed by atoms with Gasteiger partial charge in [0.05, 0.1) is 0 Å². The van der Waals surface area contributed by atoms with Crippen LogP contribution in [0.1, 0.15) is 77.0 Å². The fourth-order valence-corrected chi connectivity index (χ4v) is 1.96. The number of unbranched alkanes of at least 4 members (excludes halogenated alkanes) is 9. The minimum atomic E-state index is 0.224. The normalized spacial score (nSPS) is 10.6. The van der Waals surface area contributed by atoms with Crippen LogP contribution in [-0.2, 0) is 4.79 Å². The topological polar surface area (TPSA) is 29.1 Å². The van der Waals surface area contributed by atoms with Gasteiger partial charge in [-0.15, -0.1) is 0 Å². The number of amides is 1. The molecule has 0 aromatic heterocycles. The van der Waals surface area contributed by atoms with Gasteiger partial charge in [-0.1, -0.05) is 71.6 Å². The van der Waals surface area contributed by atoms with Crippen molar-refractivity contribution >= 4 is 5.91 Å². The van der Waals surface area contributed by atoms with Crippen LogP contribution in [-0.4, -0.2) is 12.5 Å². The van der Waals surface area contributed by atoms with Gasteiger partial charge in [0.2, 0.25) is 5.91 Å². The van der Waals surface area contributed by atoms with E-state index in [0.29, 0.717) is 6.42 Å². The Morgan fingerprint density at radius 1 is 0.722 bits per heavy atom. The molecule has 106 valence electrons. The number of rotatable bonds is 13. The molecule has 2 nitrogen and oxygen atoms in total. The van der Waals surface area contributed by atoms with Gasteiger partial charge in [-0.25, -0.2) is 0 Å². The third-order valence-corrected chi connectivity index (χ3v) is 3.15. The van der Waals surface area contributed by atoms with Gasteiger partial charge in [-0.2, -0.15) is 0 Å². The molecule has 0 spiro atoms. The van der Waals surface area contributed by atoms with Crippen LogP contribution in [0.5, 0.6) is 0 Å². The minimum Gasteiger partial charge on any atom is -0.356 e. The summed E-state index contributed by atoms with van der Waals surface area (Å²) >= 11 is 0. The maximum atomic E-state index is 11.5. The summed E-state index contributed by atoms with van der Waals surface area (Å²) in [5, 5.41) is 2.99. The van der Waals surface area contributed by atoms with Crippen LogP contribution in [0.25, 0.3) is 0 Å². The summed E-state index contributed by atoms with van der Waals surface area (Å²) in [5.74, 6) is 0.224. The van der Waals surface area contributed by atoms with Crippen LogP contribution in [0.4, 0.5) is 0 Å². The molecular weight excluding hydrogens is 222 g/mol. The molecule has 0 aliphatic heterocycles. The van der Waals surface area contributed by atoms with Crippen molar-refractivity contribution in [2.45, 2.75) is 77.0 Å². The van der Waals surface area contributed by atoms with E-state index >= 15 is 0 Å². The van der Waals surface area contributed by atoms with Crippen LogP contribution >= 0.6 is 0 Å². The van der Waals surface area contributed by atoms with Crippen molar-refractivity contribution in [3.8, 4) is 0 Å². The SMILES string of the molecule is [CH2]CCCCCCCCC(=O)NCCCCC[CH2]. The van der Waals surface area contributed by atoms with Crippen molar-refractivity contribution in [2.24, 2.45) is 0 Å². The summed E-state index contributed by atoms with van der Waals surface area (Å²) in [7, 11) is 0. The molecule has 1 amide bonds. The summed E-state index contributed by atoms with van der Waals surface area (Å²) in [6, 6.07) is 0. The van der Waals surface area contributed by atoms with Crippen molar-refractivity contribution in [2.75, 3.05) is 6.54 Å². The molecule has 0 atom stereocenters. The molecule has 1 N–H and O–H groups in total. The van der Waals surface area contributed by atoms with Gasteiger partial charge in [0.25, 0.3) is 0 Å². The van der Waals surface area contributed by atoms with E-state index in [1.807, 2.05) is 0 Å².